The molecule has 12 heteroatoms. The fourth-order valence-corrected chi connectivity index (χ4v) is 2.94. The first kappa shape index (κ1) is 20.5. The number of H-pyrrole nitrogens is 2. The molecule has 4 aromatic rings. The number of imidazole rings is 2. The summed E-state index contributed by atoms with van der Waals surface area (Å²) in [6.07, 6.45) is -4.78. The summed E-state index contributed by atoms with van der Waals surface area (Å²) in [5.41, 5.74) is 2.50. The summed E-state index contributed by atoms with van der Waals surface area (Å²) in [5.74, 6) is 0.0287. The molecule has 4 N–H and O–H groups in total. The number of anilines is 2. The maximum atomic E-state index is 12.4. The summed E-state index contributed by atoms with van der Waals surface area (Å²) in [7, 11) is 1.55. The van der Waals surface area contributed by atoms with Gasteiger partial charge >= 0.3 is 6.36 Å². The van der Waals surface area contributed by atoms with Crippen LogP contribution in [0.5, 0.6) is 5.75 Å². The molecule has 162 valence electrons. The molecule has 2 heterocycles. The van der Waals surface area contributed by atoms with Crippen LogP contribution in [0.15, 0.2) is 36.4 Å². The third-order valence-electron chi connectivity index (χ3n) is 4.26. The summed E-state index contributed by atoms with van der Waals surface area (Å²) < 4.78 is 46.0. The first-order chi connectivity index (χ1) is 14.8. The van der Waals surface area contributed by atoms with Crippen LogP contribution in [-0.4, -0.2) is 52.5 Å². The van der Waals surface area contributed by atoms with Crippen molar-refractivity contribution in [2.45, 2.75) is 6.36 Å². The monoisotopic (exact) mass is 434 g/mol. The fourth-order valence-electron chi connectivity index (χ4n) is 2.94. The smallest absolute Gasteiger partial charge is 0.406 e. The highest BCUT2D eigenvalue weighted by molar-refractivity contribution is 5.97. The van der Waals surface area contributed by atoms with E-state index >= 15 is 0 Å². The van der Waals surface area contributed by atoms with E-state index in [1.54, 1.807) is 25.3 Å². The molecule has 1 amide bonds. The van der Waals surface area contributed by atoms with Crippen LogP contribution >= 0.6 is 0 Å². The molecule has 2 aromatic heterocycles. The third-order valence-corrected chi connectivity index (χ3v) is 4.26. The normalized spacial score (nSPS) is 11.7. The molecule has 0 aliphatic heterocycles. The quantitative estimate of drug-likeness (QED) is 0.331. The summed E-state index contributed by atoms with van der Waals surface area (Å²) in [6.45, 7) is 0.804. The van der Waals surface area contributed by atoms with Gasteiger partial charge in [0.05, 0.1) is 28.7 Å². The van der Waals surface area contributed by atoms with Gasteiger partial charge in [-0.3, -0.25) is 10.1 Å². The number of aromatic amines is 2. The van der Waals surface area contributed by atoms with E-state index in [1.165, 1.54) is 18.2 Å². The van der Waals surface area contributed by atoms with Crippen molar-refractivity contribution in [1.29, 1.82) is 0 Å². The zero-order valence-electron chi connectivity index (χ0n) is 16.1. The van der Waals surface area contributed by atoms with Crippen molar-refractivity contribution in [3.8, 4) is 5.75 Å². The predicted molar refractivity (Wildman–Crippen MR) is 106 cm³/mol. The van der Waals surface area contributed by atoms with Gasteiger partial charge in [0.15, 0.2) is 0 Å². The number of alkyl halides is 3. The van der Waals surface area contributed by atoms with E-state index in [4.69, 9.17) is 4.74 Å². The number of methoxy groups -OCH3 is 1. The van der Waals surface area contributed by atoms with E-state index in [2.05, 4.69) is 35.3 Å². The van der Waals surface area contributed by atoms with Crippen LogP contribution in [0.4, 0.5) is 25.1 Å². The lowest BCUT2D eigenvalue weighted by Gasteiger charge is -2.07. The lowest BCUT2D eigenvalue weighted by atomic mass is 10.2. The van der Waals surface area contributed by atoms with Gasteiger partial charge in [0.25, 0.3) is 5.91 Å². The molecule has 4 rings (SSSR count). The van der Waals surface area contributed by atoms with Gasteiger partial charge in [0, 0.05) is 25.3 Å². The van der Waals surface area contributed by atoms with Gasteiger partial charge in [-0.05, 0) is 30.3 Å². The average Bonchev–Trinajstić information content (AvgIpc) is 3.28. The number of hydrogen-bond donors (Lipinski definition) is 4. The Morgan fingerprint density at radius 1 is 1.03 bits per heavy atom. The van der Waals surface area contributed by atoms with Gasteiger partial charge in [-0.1, -0.05) is 0 Å². The number of amides is 1. The fraction of sp³-hybridized carbons (Fsp3) is 0.211. The van der Waals surface area contributed by atoms with Crippen LogP contribution in [0.2, 0.25) is 0 Å². The number of benzene rings is 2. The molecule has 0 unspecified atom stereocenters. The molecule has 0 saturated heterocycles. The van der Waals surface area contributed by atoms with Crippen LogP contribution in [0.3, 0.4) is 0 Å². The Hall–Kier alpha value is -3.80. The molecule has 0 aliphatic rings. The van der Waals surface area contributed by atoms with Crippen LogP contribution in [-0.2, 0) is 4.74 Å². The summed E-state index contributed by atoms with van der Waals surface area (Å²) in [6, 6.07) is 8.80. The van der Waals surface area contributed by atoms with Crippen molar-refractivity contribution in [2.24, 2.45) is 0 Å². The van der Waals surface area contributed by atoms with Gasteiger partial charge in [-0.15, -0.1) is 13.2 Å². The molecular formula is C19H17F3N6O3. The number of nitrogens with one attached hydrogen (secondary N) is 4. The number of rotatable bonds is 7. The Balaban J connectivity index is 1.51. The van der Waals surface area contributed by atoms with E-state index < -0.39 is 6.36 Å². The topological polar surface area (TPSA) is 117 Å². The lowest BCUT2D eigenvalue weighted by molar-refractivity contribution is -0.274. The first-order valence-electron chi connectivity index (χ1n) is 9.10. The Morgan fingerprint density at radius 3 is 2.32 bits per heavy atom. The average molecular weight is 434 g/mol. The highest BCUT2D eigenvalue weighted by atomic mass is 19.4. The van der Waals surface area contributed by atoms with Crippen LogP contribution in [0.25, 0.3) is 22.1 Å². The second-order valence-corrected chi connectivity index (χ2v) is 6.50. The molecular weight excluding hydrogens is 417 g/mol. The molecule has 0 radical (unpaired) electrons. The van der Waals surface area contributed by atoms with Gasteiger partial charge < -0.3 is 24.8 Å². The molecule has 2 aromatic carbocycles. The maximum absolute atomic E-state index is 12.4. The summed E-state index contributed by atoms with van der Waals surface area (Å²) in [4.78, 5) is 26.7. The number of carbonyl (C=O) groups is 1. The molecule has 0 fully saturated rings. The lowest BCUT2D eigenvalue weighted by Crippen LogP contribution is -2.26. The number of halogens is 3. The Bertz CT molecular complexity index is 1230. The van der Waals surface area contributed by atoms with Crippen molar-refractivity contribution in [2.75, 3.05) is 25.6 Å². The third kappa shape index (κ3) is 4.86. The number of fused-ring (bicyclic) bond motifs is 2. The van der Waals surface area contributed by atoms with Crippen molar-refractivity contribution in [3.05, 3.63) is 42.0 Å². The number of ether oxygens (including phenoxy) is 2. The Kier molecular flexibility index (Phi) is 5.38. The number of carbonyl (C=O) groups excluding carboxylic acids is 1. The molecule has 0 bridgehead atoms. The zero-order valence-corrected chi connectivity index (χ0v) is 16.1. The molecule has 0 saturated carbocycles. The Morgan fingerprint density at radius 2 is 1.68 bits per heavy atom. The van der Waals surface area contributed by atoms with Gasteiger partial charge in [0.2, 0.25) is 11.9 Å². The van der Waals surface area contributed by atoms with Crippen molar-refractivity contribution < 1.29 is 27.4 Å². The van der Waals surface area contributed by atoms with Crippen molar-refractivity contribution in [3.63, 3.8) is 0 Å². The largest absolute Gasteiger partial charge is 0.573 e. The minimum atomic E-state index is -4.78. The Labute approximate surface area is 173 Å². The molecule has 9 nitrogen and oxygen atoms in total. The maximum Gasteiger partial charge on any atom is 0.573 e. The highest BCUT2D eigenvalue weighted by Crippen LogP contribution is 2.27. The highest BCUT2D eigenvalue weighted by Gasteiger charge is 2.31. The van der Waals surface area contributed by atoms with Gasteiger partial charge in [-0.25, -0.2) is 9.97 Å². The van der Waals surface area contributed by atoms with E-state index in [9.17, 15) is 18.0 Å². The molecule has 0 spiro atoms. The van der Waals surface area contributed by atoms with Gasteiger partial charge in [0.1, 0.15) is 5.75 Å². The molecule has 31 heavy (non-hydrogen) atoms. The second kappa shape index (κ2) is 8.14. The number of hydrogen-bond acceptors (Lipinski definition) is 6. The van der Waals surface area contributed by atoms with Crippen molar-refractivity contribution in [1.82, 2.24) is 25.3 Å². The molecule has 0 aliphatic carbocycles. The zero-order chi connectivity index (χ0) is 22.0. The first-order valence-corrected chi connectivity index (χ1v) is 9.10. The van der Waals surface area contributed by atoms with E-state index in [0.717, 1.165) is 0 Å². The second-order valence-electron chi connectivity index (χ2n) is 6.50. The van der Waals surface area contributed by atoms with Gasteiger partial charge in [-0.2, -0.15) is 0 Å². The van der Waals surface area contributed by atoms with Crippen LogP contribution in [0, 0.1) is 0 Å². The summed E-state index contributed by atoms with van der Waals surface area (Å²) in [5, 5.41) is 5.66. The van der Waals surface area contributed by atoms with Crippen LogP contribution < -0.4 is 15.4 Å². The summed E-state index contributed by atoms with van der Waals surface area (Å²) >= 11 is 0. The van der Waals surface area contributed by atoms with Crippen LogP contribution in [0.1, 0.15) is 10.4 Å². The SMILES string of the molecule is COCCNC(=O)c1ccc2nc(Nc3nc4ccc(OC(F)(F)F)cc4[nH]3)[nH]c2c1. The number of nitrogens with zero attached hydrogens (tertiary/aromatic N) is 2. The van der Waals surface area contributed by atoms with E-state index in [1.807, 2.05) is 0 Å². The number of aromatic nitrogens is 4. The minimum absolute atomic E-state index is 0.239. The van der Waals surface area contributed by atoms with Crippen molar-refractivity contribution >= 4 is 39.9 Å². The van der Waals surface area contributed by atoms with E-state index in [0.29, 0.717) is 46.7 Å². The standard InChI is InChI=1S/C19H17F3N6O3/c1-30-7-6-23-16(29)10-2-4-12-14(8-10)26-17(24-12)28-18-25-13-5-3-11(9-15(13)27-18)31-19(20,21)22/h2-5,8-9H,6-7H2,1H3,(H,23,29)(H3,24,25,26,27,28). The van der Waals surface area contributed by atoms with E-state index in [-0.39, 0.29) is 17.6 Å². The predicted octanol–water partition coefficient (Wildman–Crippen LogP) is 3.46. The molecule has 0 atom stereocenters. The minimum Gasteiger partial charge on any atom is -0.406 e.